The standard InChI is InChI=1S/C18H25F2N3O2.HI/c1-3-21-18(23-14-6-4-5-7-14)22-11-10-13-8-9-15(24-2)16(12-13)25-17(19)20;/h4-5,8-9,12,14,17H,3,6-7,10-11H2,1-2H3,(H2,21,22,23);1H. The van der Waals surface area contributed by atoms with Crippen molar-refractivity contribution < 1.29 is 18.3 Å². The molecule has 0 amide bonds. The van der Waals surface area contributed by atoms with E-state index < -0.39 is 6.61 Å². The lowest BCUT2D eigenvalue weighted by Gasteiger charge is -2.16. The average molecular weight is 481 g/mol. The second-order valence-electron chi connectivity index (χ2n) is 5.66. The van der Waals surface area contributed by atoms with Crippen molar-refractivity contribution in [1.82, 2.24) is 10.6 Å². The number of halogens is 3. The maximum Gasteiger partial charge on any atom is 0.387 e. The van der Waals surface area contributed by atoms with Crippen LogP contribution in [0.2, 0.25) is 0 Å². The van der Waals surface area contributed by atoms with Crippen LogP contribution < -0.4 is 20.1 Å². The maximum absolute atomic E-state index is 12.5. The Balaban J connectivity index is 0.00000338. The first kappa shape index (κ1) is 22.5. The molecule has 8 heteroatoms. The van der Waals surface area contributed by atoms with Crippen LogP contribution in [0.4, 0.5) is 8.78 Å². The zero-order chi connectivity index (χ0) is 18.1. The van der Waals surface area contributed by atoms with Gasteiger partial charge in [0.25, 0.3) is 0 Å². The van der Waals surface area contributed by atoms with Crippen LogP contribution >= 0.6 is 24.0 Å². The predicted molar refractivity (Wildman–Crippen MR) is 110 cm³/mol. The van der Waals surface area contributed by atoms with Gasteiger partial charge in [0.1, 0.15) is 0 Å². The molecule has 0 heterocycles. The summed E-state index contributed by atoms with van der Waals surface area (Å²) in [6.07, 6.45) is 6.92. The van der Waals surface area contributed by atoms with Crippen LogP contribution in [0.1, 0.15) is 25.3 Å². The Labute approximate surface area is 170 Å². The number of hydrogen-bond donors (Lipinski definition) is 2. The number of alkyl halides is 2. The Kier molecular flexibility index (Phi) is 10.3. The second-order valence-corrected chi connectivity index (χ2v) is 5.66. The topological polar surface area (TPSA) is 54.9 Å². The first-order valence-corrected chi connectivity index (χ1v) is 8.44. The molecule has 0 spiro atoms. The third-order valence-corrected chi connectivity index (χ3v) is 3.81. The molecule has 0 aliphatic heterocycles. The zero-order valence-electron chi connectivity index (χ0n) is 15.0. The third-order valence-electron chi connectivity index (χ3n) is 3.81. The van der Waals surface area contributed by atoms with Gasteiger partial charge in [-0.1, -0.05) is 18.2 Å². The quantitative estimate of drug-likeness (QED) is 0.257. The molecule has 0 aromatic heterocycles. The number of guanidine groups is 1. The van der Waals surface area contributed by atoms with Gasteiger partial charge >= 0.3 is 6.61 Å². The van der Waals surface area contributed by atoms with E-state index in [1.807, 2.05) is 13.0 Å². The van der Waals surface area contributed by atoms with Crippen LogP contribution in [0, 0.1) is 0 Å². The van der Waals surface area contributed by atoms with Crippen molar-refractivity contribution in [3.63, 3.8) is 0 Å². The molecule has 1 aliphatic carbocycles. The molecule has 2 rings (SSSR count). The van der Waals surface area contributed by atoms with Gasteiger partial charge in [-0.2, -0.15) is 8.78 Å². The zero-order valence-corrected chi connectivity index (χ0v) is 17.3. The minimum Gasteiger partial charge on any atom is -0.493 e. The van der Waals surface area contributed by atoms with E-state index in [-0.39, 0.29) is 35.5 Å². The molecule has 2 N–H and O–H groups in total. The molecule has 0 unspecified atom stereocenters. The Morgan fingerprint density at radius 1 is 1.27 bits per heavy atom. The largest absolute Gasteiger partial charge is 0.493 e. The number of benzene rings is 1. The summed E-state index contributed by atoms with van der Waals surface area (Å²) in [5.74, 6) is 1.10. The van der Waals surface area contributed by atoms with Crippen LogP contribution in [0.25, 0.3) is 0 Å². The van der Waals surface area contributed by atoms with Crippen LogP contribution in [0.15, 0.2) is 35.3 Å². The van der Waals surface area contributed by atoms with E-state index in [2.05, 4.69) is 32.5 Å². The number of ether oxygens (including phenoxy) is 2. The molecule has 1 aromatic carbocycles. The summed E-state index contributed by atoms with van der Waals surface area (Å²) in [6, 6.07) is 5.41. The summed E-state index contributed by atoms with van der Waals surface area (Å²) in [7, 11) is 1.42. The molecule has 0 atom stereocenters. The summed E-state index contributed by atoms with van der Waals surface area (Å²) in [4.78, 5) is 4.55. The minimum atomic E-state index is -2.88. The normalized spacial score (nSPS) is 14.3. The van der Waals surface area contributed by atoms with Gasteiger partial charge in [-0.25, -0.2) is 0 Å². The van der Waals surface area contributed by atoms with Crippen molar-refractivity contribution in [2.75, 3.05) is 20.2 Å². The fourth-order valence-electron chi connectivity index (χ4n) is 2.61. The molecule has 1 aliphatic rings. The third kappa shape index (κ3) is 7.35. The predicted octanol–water partition coefficient (Wildman–Crippen LogP) is 3.73. The van der Waals surface area contributed by atoms with Gasteiger partial charge in [0.05, 0.1) is 7.11 Å². The monoisotopic (exact) mass is 481 g/mol. The Bertz CT molecular complexity index is 604. The second kappa shape index (κ2) is 11.9. The Morgan fingerprint density at radius 3 is 2.62 bits per heavy atom. The molecule has 0 saturated heterocycles. The van der Waals surface area contributed by atoms with Gasteiger partial charge in [-0.05, 0) is 43.9 Å². The first-order chi connectivity index (χ1) is 12.1. The highest BCUT2D eigenvalue weighted by Crippen LogP contribution is 2.29. The van der Waals surface area contributed by atoms with Gasteiger partial charge in [0, 0.05) is 19.1 Å². The lowest BCUT2D eigenvalue weighted by molar-refractivity contribution is -0.0512. The maximum atomic E-state index is 12.5. The summed E-state index contributed by atoms with van der Waals surface area (Å²) in [5, 5.41) is 6.61. The highest BCUT2D eigenvalue weighted by atomic mass is 127. The SMILES string of the molecule is CCNC(=NCCc1ccc(OC)c(OC(F)F)c1)NC1CC=CC1.I. The number of rotatable bonds is 8. The summed E-state index contributed by atoms with van der Waals surface area (Å²) >= 11 is 0. The van der Waals surface area contributed by atoms with Gasteiger partial charge in [-0.15, -0.1) is 24.0 Å². The smallest absolute Gasteiger partial charge is 0.387 e. The van der Waals surface area contributed by atoms with E-state index in [4.69, 9.17) is 4.74 Å². The fourth-order valence-corrected chi connectivity index (χ4v) is 2.61. The van der Waals surface area contributed by atoms with Crippen LogP contribution in [-0.2, 0) is 6.42 Å². The molecular weight excluding hydrogens is 455 g/mol. The molecule has 0 radical (unpaired) electrons. The lowest BCUT2D eigenvalue weighted by atomic mass is 10.1. The van der Waals surface area contributed by atoms with Gasteiger partial charge in [0.2, 0.25) is 0 Å². The van der Waals surface area contributed by atoms with E-state index in [0.29, 0.717) is 19.0 Å². The van der Waals surface area contributed by atoms with Crippen molar-refractivity contribution >= 4 is 29.9 Å². The van der Waals surface area contributed by atoms with Crippen LogP contribution in [0.3, 0.4) is 0 Å². The lowest BCUT2D eigenvalue weighted by Crippen LogP contribution is -2.42. The molecular formula is C18H26F2IN3O2. The number of nitrogens with one attached hydrogen (secondary N) is 2. The summed E-state index contributed by atoms with van der Waals surface area (Å²) in [5.41, 5.74) is 0.860. The number of hydrogen-bond acceptors (Lipinski definition) is 3. The Hall–Kier alpha value is -1.58. The van der Waals surface area contributed by atoms with Crippen LogP contribution in [0.5, 0.6) is 11.5 Å². The molecule has 0 bridgehead atoms. The fraction of sp³-hybridized carbons (Fsp3) is 0.500. The van der Waals surface area contributed by atoms with Gasteiger partial charge < -0.3 is 20.1 Å². The molecule has 26 heavy (non-hydrogen) atoms. The average Bonchev–Trinajstić information content (AvgIpc) is 3.08. The first-order valence-electron chi connectivity index (χ1n) is 8.44. The van der Waals surface area contributed by atoms with E-state index in [1.54, 1.807) is 12.1 Å². The molecule has 5 nitrogen and oxygen atoms in total. The van der Waals surface area contributed by atoms with Crippen molar-refractivity contribution in [2.45, 2.75) is 38.8 Å². The molecule has 0 fully saturated rings. The molecule has 1 aromatic rings. The van der Waals surface area contributed by atoms with Crippen molar-refractivity contribution in [3.05, 3.63) is 35.9 Å². The van der Waals surface area contributed by atoms with Gasteiger partial charge in [0.15, 0.2) is 17.5 Å². The van der Waals surface area contributed by atoms with Crippen molar-refractivity contribution in [2.24, 2.45) is 4.99 Å². The minimum absolute atomic E-state index is 0. The van der Waals surface area contributed by atoms with E-state index in [0.717, 1.165) is 30.9 Å². The van der Waals surface area contributed by atoms with Crippen molar-refractivity contribution in [1.29, 1.82) is 0 Å². The molecule has 146 valence electrons. The number of aliphatic imine (C=N–C) groups is 1. The Morgan fingerprint density at radius 2 is 2.00 bits per heavy atom. The van der Waals surface area contributed by atoms with Crippen molar-refractivity contribution in [3.8, 4) is 11.5 Å². The van der Waals surface area contributed by atoms with Crippen LogP contribution in [-0.4, -0.2) is 38.8 Å². The summed E-state index contributed by atoms with van der Waals surface area (Å²) < 4.78 is 34.5. The highest BCUT2D eigenvalue weighted by Gasteiger charge is 2.12. The summed E-state index contributed by atoms with van der Waals surface area (Å²) in [6.45, 7) is 0.449. The number of nitrogens with zero attached hydrogens (tertiary/aromatic N) is 1. The highest BCUT2D eigenvalue weighted by molar-refractivity contribution is 14.0. The number of methoxy groups -OCH3 is 1. The molecule has 0 saturated carbocycles. The van der Waals surface area contributed by atoms with Gasteiger partial charge in [-0.3, -0.25) is 4.99 Å². The van der Waals surface area contributed by atoms with E-state index in [9.17, 15) is 8.78 Å². The van der Waals surface area contributed by atoms with E-state index >= 15 is 0 Å². The van der Waals surface area contributed by atoms with E-state index in [1.165, 1.54) is 7.11 Å².